The average Bonchev–Trinajstić information content (AvgIpc) is 2.28. The van der Waals surface area contributed by atoms with Crippen LogP contribution in [0.1, 0.15) is 19.4 Å². The maximum absolute atomic E-state index is 11.5. The molecule has 1 N–H and O–H groups in total. The van der Waals surface area contributed by atoms with Gasteiger partial charge in [-0.3, -0.25) is 4.79 Å². The van der Waals surface area contributed by atoms with Gasteiger partial charge in [0, 0.05) is 19.8 Å². The number of carbonyl (C=O) groups is 1. The van der Waals surface area contributed by atoms with Gasteiger partial charge in [0.15, 0.2) is 0 Å². The molecule has 1 aromatic rings. The lowest BCUT2D eigenvalue weighted by Crippen LogP contribution is -2.28. The Hall–Kier alpha value is -1.71. The summed E-state index contributed by atoms with van der Waals surface area (Å²) in [5.74, 6) is 0.935. The van der Waals surface area contributed by atoms with E-state index in [1.54, 1.807) is 19.0 Å². The first kappa shape index (κ1) is 14.4. The summed E-state index contributed by atoms with van der Waals surface area (Å²) in [6, 6.07) is 5.84. The summed E-state index contributed by atoms with van der Waals surface area (Å²) in [7, 11) is 3.49. The van der Waals surface area contributed by atoms with E-state index in [0.717, 1.165) is 17.0 Å². The third-order valence-electron chi connectivity index (χ3n) is 2.48. The molecule has 100 valence electrons. The number of nitrogens with zero attached hydrogens (tertiary/aromatic N) is 1. The van der Waals surface area contributed by atoms with Crippen LogP contribution < -0.4 is 10.1 Å². The van der Waals surface area contributed by atoms with Gasteiger partial charge in [-0.25, -0.2) is 0 Å². The number of anilines is 1. The summed E-state index contributed by atoms with van der Waals surface area (Å²) in [5, 5.41) is 3.10. The Morgan fingerprint density at radius 3 is 2.56 bits per heavy atom. The van der Waals surface area contributed by atoms with Crippen LogP contribution in [0.15, 0.2) is 18.2 Å². The van der Waals surface area contributed by atoms with Gasteiger partial charge in [0.1, 0.15) is 5.75 Å². The van der Waals surface area contributed by atoms with Crippen LogP contribution >= 0.6 is 0 Å². The third-order valence-corrected chi connectivity index (χ3v) is 2.48. The quantitative estimate of drug-likeness (QED) is 0.871. The van der Waals surface area contributed by atoms with Crippen LogP contribution in [-0.2, 0) is 4.79 Å². The predicted molar refractivity (Wildman–Crippen MR) is 74.1 cm³/mol. The lowest BCUT2D eigenvalue weighted by molar-refractivity contribution is -0.126. The normalized spacial score (nSPS) is 10.3. The van der Waals surface area contributed by atoms with Crippen molar-refractivity contribution in [3.63, 3.8) is 0 Å². The van der Waals surface area contributed by atoms with Crippen molar-refractivity contribution in [3.05, 3.63) is 23.8 Å². The highest BCUT2D eigenvalue weighted by Crippen LogP contribution is 2.22. The number of hydrogen-bond acceptors (Lipinski definition) is 3. The summed E-state index contributed by atoms with van der Waals surface area (Å²) >= 11 is 0. The van der Waals surface area contributed by atoms with E-state index in [-0.39, 0.29) is 12.0 Å². The Morgan fingerprint density at radius 2 is 2.06 bits per heavy atom. The van der Waals surface area contributed by atoms with E-state index in [9.17, 15) is 4.79 Å². The molecule has 1 amide bonds. The first-order valence-corrected chi connectivity index (χ1v) is 6.11. The molecule has 4 nitrogen and oxygen atoms in total. The number of likely N-dealkylation sites (N-methyl/N-ethyl adjacent to an activating group) is 1. The van der Waals surface area contributed by atoms with Crippen LogP contribution in [0.5, 0.6) is 5.75 Å². The number of carbonyl (C=O) groups excluding carboxylic acids is 1. The minimum absolute atomic E-state index is 0.0511. The van der Waals surface area contributed by atoms with E-state index >= 15 is 0 Å². The monoisotopic (exact) mass is 250 g/mol. The third kappa shape index (κ3) is 4.28. The van der Waals surface area contributed by atoms with Gasteiger partial charge in [-0.1, -0.05) is 0 Å². The van der Waals surface area contributed by atoms with Crippen LogP contribution in [0.2, 0.25) is 0 Å². The van der Waals surface area contributed by atoms with Crippen LogP contribution in [0.25, 0.3) is 0 Å². The number of hydrogen-bond donors (Lipinski definition) is 1. The molecule has 0 atom stereocenters. The van der Waals surface area contributed by atoms with Gasteiger partial charge >= 0.3 is 0 Å². The van der Waals surface area contributed by atoms with Crippen molar-refractivity contribution >= 4 is 11.6 Å². The molecule has 0 heterocycles. The highest BCUT2D eigenvalue weighted by molar-refractivity contribution is 5.80. The maximum atomic E-state index is 11.5. The molecule has 1 aromatic carbocycles. The second-order valence-corrected chi connectivity index (χ2v) is 4.79. The molecule has 0 bridgehead atoms. The molecule has 0 radical (unpaired) electrons. The minimum atomic E-state index is 0.0511. The Morgan fingerprint density at radius 1 is 1.39 bits per heavy atom. The first-order chi connectivity index (χ1) is 8.40. The van der Waals surface area contributed by atoms with E-state index in [1.807, 2.05) is 39.0 Å². The van der Waals surface area contributed by atoms with E-state index < -0.39 is 0 Å². The number of aryl methyl sites for hydroxylation is 1. The standard InChI is InChI=1S/C14H22N2O2/c1-10(2)18-13-7-6-12(8-11(13)3)15-9-14(17)16(4)5/h6-8,10,15H,9H2,1-5H3. The largest absolute Gasteiger partial charge is 0.491 e. The number of nitrogens with one attached hydrogen (secondary N) is 1. The molecule has 18 heavy (non-hydrogen) atoms. The summed E-state index contributed by atoms with van der Waals surface area (Å²) in [6.45, 7) is 6.30. The zero-order valence-electron chi connectivity index (χ0n) is 11.8. The maximum Gasteiger partial charge on any atom is 0.241 e. The van der Waals surface area contributed by atoms with E-state index in [1.165, 1.54) is 0 Å². The van der Waals surface area contributed by atoms with E-state index in [0.29, 0.717) is 6.54 Å². The fraction of sp³-hybridized carbons (Fsp3) is 0.500. The van der Waals surface area contributed by atoms with Gasteiger partial charge < -0.3 is 15.0 Å². The highest BCUT2D eigenvalue weighted by Gasteiger charge is 2.06. The molecular formula is C14H22N2O2. The summed E-state index contributed by atoms with van der Waals surface area (Å²) in [6.07, 6.45) is 0.165. The van der Waals surface area contributed by atoms with E-state index in [4.69, 9.17) is 4.74 Å². The molecule has 1 rings (SSSR count). The lowest BCUT2D eigenvalue weighted by atomic mass is 10.2. The Kier molecular flexibility index (Phi) is 5.01. The molecule has 0 aliphatic heterocycles. The fourth-order valence-electron chi connectivity index (χ4n) is 1.48. The average molecular weight is 250 g/mol. The van der Waals surface area contributed by atoms with Gasteiger partial charge in [-0.2, -0.15) is 0 Å². The van der Waals surface area contributed by atoms with Gasteiger partial charge in [-0.15, -0.1) is 0 Å². The first-order valence-electron chi connectivity index (χ1n) is 6.11. The Labute approximate surface area is 109 Å². The summed E-state index contributed by atoms with van der Waals surface area (Å²) in [5.41, 5.74) is 1.99. The van der Waals surface area contributed by atoms with Gasteiger partial charge in [0.2, 0.25) is 5.91 Å². The molecule has 0 saturated carbocycles. The van der Waals surface area contributed by atoms with Gasteiger partial charge in [0.05, 0.1) is 12.6 Å². The molecular weight excluding hydrogens is 228 g/mol. The van der Waals surface area contributed by atoms with Crippen molar-refractivity contribution in [1.82, 2.24) is 4.90 Å². The van der Waals surface area contributed by atoms with Crippen molar-refractivity contribution in [2.24, 2.45) is 0 Å². The van der Waals surface area contributed by atoms with Crippen LogP contribution in [0.4, 0.5) is 5.69 Å². The highest BCUT2D eigenvalue weighted by atomic mass is 16.5. The van der Waals surface area contributed by atoms with Crippen molar-refractivity contribution in [3.8, 4) is 5.75 Å². The second kappa shape index (κ2) is 6.28. The number of ether oxygens (including phenoxy) is 1. The molecule has 0 fully saturated rings. The Balaban J connectivity index is 2.64. The van der Waals surface area contributed by atoms with E-state index in [2.05, 4.69) is 5.32 Å². The summed E-state index contributed by atoms with van der Waals surface area (Å²) in [4.78, 5) is 13.0. The molecule has 0 spiro atoms. The number of rotatable bonds is 5. The fourth-order valence-corrected chi connectivity index (χ4v) is 1.48. The van der Waals surface area contributed by atoms with Crippen molar-refractivity contribution < 1.29 is 9.53 Å². The molecule has 4 heteroatoms. The SMILES string of the molecule is Cc1cc(NCC(=O)N(C)C)ccc1OC(C)C. The van der Waals surface area contributed by atoms with Gasteiger partial charge in [-0.05, 0) is 44.5 Å². The smallest absolute Gasteiger partial charge is 0.241 e. The van der Waals surface area contributed by atoms with Crippen LogP contribution in [-0.4, -0.2) is 37.6 Å². The molecule has 0 aromatic heterocycles. The van der Waals surface area contributed by atoms with Crippen LogP contribution in [0.3, 0.4) is 0 Å². The van der Waals surface area contributed by atoms with Crippen LogP contribution in [0, 0.1) is 6.92 Å². The topological polar surface area (TPSA) is 41.6 Å². The molecule has 0 unspecified atom stereocenters. The lowest BCUT2D eigenvalue weighted by Gasteiger charge is -2.15. The second-order valence-electron chi connectivity index (χ2n) is 4.79. The number of benzene rings is 1. The Bertz CT molecular complexity index is 414. The molecule has 0 aliphatic rings. The van der Waals surface area contributed by atoms with Gasteiger partial charge in [0.25, 0.3) is 0 Å². The summed E-state index contributed by atoms with van der Waals surface area (Å²) < 4.78 is 5.66. The van der Waals surface area contributed by atoms with Crippen molar-refractivity contribution in [2.75, 3.05) is 26.0 Å². The van der Waals surface area contributed by atoms with Crippen molar-refractivity contribution in [1.29, 1.82) is 0 Å². The number of amides is 1. The zero-order chi connectivity index (χ0) is 13.7. The zero-order valence-corrected chi connectivity index (χ0v) is 11.8. The molecule has 0 saturated heterocycles. The van der Waals surface area contributed by atoms with Crippen molar-refractivity contribution in [2.45, 2.75) is 26.9 Å². The minimum Gasteiger partial charge on any atom is -0.491 e. The predicted octanol–water partition coefficient (Wildman–Crippen LogP) is 2.28. The molecule has 0 aliphatic carbocycles.